The molecule has 0 fully saturated rings. The molecule has 2 atom stereocenters. The first-order valence-corrected chi connectivity index (χ1v) is 14.6. The molecule has 0 radical (unpaired) electrons. The van der Waals surface area contributed by atoms with Gasteiger partial charge in [0.1, 0.15) is 10.5 Å². The second-order valence-electron chi connectivity index (χ2n) is 9.22. The first kappa shape index (κ1) is 34.1. The molecule has 236 valence electrons. The van der Waals surface area contributed by atoms with Gasteiger partial charge >= 0.3 is 0 Å². The fourth-order valence-electron chi connectivity index (χ4n) is 4.19. The topological polar surface area (TPSA) is 34.1 Å². The Morgan fingerprint density at radius 3 is 0.956 bits per heavy atom. The molecule has 0 aromatic heterocycles. The van der Waals surface area contributed by atoms with Crippen LogP contribution in [-0.4, -0.2) is 8.42 Å². The minimum absolute atomic E-state index is 0.110. The second-order valence-corrected chi connectivity index (χ2v) is 12.3. The third kappa shape index (κ3) is 6.61. The first-order chi connectivity index (χ1) is 21.1. The van der Waals surface area contributed by atoms with E-state index in [1.807, 2.05) is 0 Å². The molecule has 0 aliphatic heterocycles. The van der Waals surface area contributed by atoms with Crippen molar-refractivity contribution in [2.75, 3.05) is 0 Å². The van der Waals surface area contributed by atoms with Crippen LogP contribution in [0.2, 0.25) is 10.0 Å². The molecule has 0 spiro atoms. The minimum Gasteiger partial charge on any atom is -0.227 e. The molecule has 45 heavy (non-hydrogen) atoms. The van der Waals surface area contributed by atoms with Crippen molar-refractivity contribution in [2.45, 2.75) is 10.5 Å². The molecule has 0 bridgehead atoms. The molecular weight excluding hydrogens is 685 g/mol. The van der Waals surface area contributed by atoms with Gasteiger partial charge in [0.05, 0.1) is 11.1 Å². The number of rotatable bonds is 8. The Bertz CT molecular complexity index is 1750. The summed E-state index contributed by atoms with van der Waals surface area (Å²) >= 11 is 11.8. The highest BCUT2D eigenvalue weighted by Gasteiger charge is 2.35. The van der Waals surface area contributed by atoms with Gasteiger partial charge in [0, 0.05) is 10.0 Å². The average Bonchev–Trinajstić information content (AvgIpc) is 3.01. The summed E-state index contributed by atoms with van der Waals surface area (Å²) in [7, 11) is -4.92. The Morgan fingerprint density at radius 1 is 0.444 bits per heavy atom. The lowest BCUT2D eigenvalue weighted by Crippen LogP contribution is -2.19. The maximum absolute atomic E-state index is 14.4. The van der Waals surface area contributed by atoms with Gasteiger partial charge in [-0.1, -0.05) is 71.8 Å². The van der Waals surface area contributed by atoms with Gasteiger partial charge in [0.25, 0.3) is 0 Å². The Kier molecular flexibility index (Phi) is 10.1. The van der Waals surface area contributed by atoms with Crippen molar-refractivity contribution in [3.63, 3.8) is 0 Å². The predicted molar refractivity (Wildman–Crippen MR) is 148 cm³/mol. The smallest absolute Gasteiger partial charge is 0.200 e. The zero-order chi connectivity index (χ0) is 33.4. The van der Waals surface area contributed by atoms with Crippen LogP contribution in [0, 0.1) is 58.2 Å². The molecule has 0 saturated heterocycles. The fraction of sp³-hybridized carbons (Fsp3) is 0.0667. The molecule has 4 rings (SSSR count). The third-order valence-electron chi connectivity index (χ3n) is 6.47. The van der Waals surface area contributed by atoms with Crippen molar-refractivity contribution in [1.82, 2.24) is 0 Å². The SMILES string of the molecule is O=S(=O)(C(/C=C/c1c(F)c(F)c(F)c(F)c1F)c1ccc(Cl)cc1)C(/C=C/c1c(F)c(F)c(F)c(F)c1F)c1ccc(Cl)cc1. The lowest BCUT2D eigenvalue weighted by atomic mass is 10.1. The minimum atomic E-state index is -4.92. The summed E-state index contributed by atoms with van der Waals surface area (Å²) in [5.41, 5.74) is -3.30. The van der Waals surface area contributed by atoms with E-state index in [1.165, 1.54) is 24.3 Å². The van der Waals surface area contributed by atoms with Crippen molar-refractivity contribution in [1.29, 1.82) is 0 Å². The molecule has 0 aliphatic carbocycles. The molecule has 4 aromatic carbocycles. The molecule has 0 heterocycles. The number of sulfone groups is 1. The van der Waals surface area contributed by atoms with Gasteiger partial charge in [-0.25, -0.2) is 52.3 Å². The predicted octanol–water partition coefficient (Wildman–Crippen LogP) is 10.0. The Morgan fingerprint density at radius 2 is 0.689 bits per heavy atom. The molecular formula is C30H14Cl2F10O2S. The van der Waals surface area contributed by atoms with Crippen LogP contribution in [-0.2, 0) is 9.84 Å². The highest BCUT2D eigenvalue weighted by Crippen LogP contribution is 2.39. The monoisotopic (exact) mass is 698 g/mol. The normalized spacial score (nSPS) is 13.6. The first-order valence-electron chi connectivity index (χ1n) is 12.2. The summed E-state index contributed by atoms with van der Waals surface area (Å²) in [6.45, 7) is 0. The van der Waals surface area contributed by atoms with Crippen molar-refractivity contribution >= 4 is 45.2 Å². The van der Waals surface area contributed by atoms with E-state index in [1.54, 1.807) is 0 Å². The van der Waals surface area contributed by atoms with Gasteiger partial charge in [-0.3, -0.25) is 0 Å². The summed E-state index contributed by atoms with van der Waals surface area (Å²) < 4.78 is 169. The number of halogens is 12. The summed E-state index contributed by atoms with van der Waals surface area (Å²) in [6, 6.07) is 9.48. The Balaban J connectivity index is 1.95. The van der Waals surface area contributed by atoms with E-state index >= 15 is 0 Å². The Hall–Kier alpha value is -3.81. The summed E-state index contributed by atoms with van der Waals surface area (Å²) in [5, 5.41) is -3.77. The van der Waals surface area contributed by atoms with Gasteiger partial charge in [-0.05, 0) is 35.4 Å². The van der Waals surface area contributed by atoms with Crippen LogP contribution >= 0.6 is 23.2 Å². The van der Waals surface area contributed by atoms with E-state index in [9.17, 15) is 52.3 Å². The van der Waals surface area contributed by atoms with E-state index in [0.29, 0.717) is 24.3 Å². The van der Waals surface area contributed by atoms with Crippen molar-refractivity contribution in [3.05, 3.63) is 151 Å². The zero-order valence-corrected chi connectivity index (χ0v) is 24.2. The molecule has 2 unspecified atom stereocenters. The Labute approximate surface area is 258 Å². The van der Waals surface area contributed by atoms with Gasteiger partial charge in [-0.2, -0.15) is 0 Å². The molecule has 2 nitrogen and oxygen atoms in total. The average molecular weight is 699 g/mol. The molecule has 0 amide bonds. The zero-order valence-electron chi connectivity index (χ0n) is 21.8. The molecule has 15 heteroatoms. The number of benzene rings is 4. The second kappa shape index (κ2) is 13.3. The maximum atomic E-state index is 14.4. The van der Waals surface area contributed by atoms with Crippen LogP contribution in [0.4, 0.5) is 43.9 Å². The lowest BCUT2D eigenvalue weighted by Gasteiger charge is -2.22. The van der Waals surface area contributed by atoms with Crippen LogP contribution < -0.4 is 0 Å². The number of hydrogen-bond acceptors (Lipinski definition) is 2. The van der Waals surface area contributed by atoms with Crippen LogP contribution in [0.1, 0.15) is 32.8 Å². The molecule has 0 aliphatic rings. The summed E-state index contributed by atoms with van der Waals surface area (Å²) in [6.07, 6.45) is 1.84. The third-order valence-corrected chi connectivity index (χ3v) is 9.25. The van der Waals surface area contributed by atoms with E-state index in [4.69, 9.17) is 23.2 Å². The van der Waals surface area contributed by atoms with Crippen LogP contribution in [0.25, 0.3) is 12.2 Å². The van der Waals surface area contributed by atoms with Gasteiger partial charge in [-0.15, -0.1) is 0 Å². The summed E-state index contributed by atoms with van der Waals surface area (Å²) in [4.78, 5) is 0. The highest BCUT2D eigenvalue weighted by atomic mass is 35.5. The van der Waals surface area contributed by atoms with Gasteiger partial charge < -0.3 is 0 Å². The standard InChI is InChI=1S/C30H14Cl2F10O2S/c31-15-5-1-13(2-6-15)19(11-9-17-21(33)25(37)29(41)26(38)22(17)34)45(43,44)20(14-3-7-16(32)8-4-14)12-10-18-23(35)27(39)30(42)28(40)24(18)36/h1-12,19-20H/b11-9+,12-10+. The summed E-state index contributed by atoms with van der Waals surface area (Å²) in [5.74, 6) is -23.2. The van der Waals surface area contributed by atoms with Crippen LogP contribution in [0.15, 0.2) is 60.7 Å². The maximum Gasteiger partial charge on any atom is 0.200 e. The number of hydrogen-bond donors (Lipinski definition) is 0. The quantitative estimate of drug-likeness (QED) is 0.104. The van der Waals surface area contributed by atoms with Crippen LogP contribution in [0.5, 0.6) is 0 Å². The van der Waals surface area contributed by atoms with Gasteiger partial charge in [0.2, 0.25) is 11.6 Å². The molecule has 0 N–H and O–H groups in total. The van der Waals surface area contributed by atoms with E-state index in [2.05, 4.69) is 0 Å². The fourth-order valence-corrected chi connectivity index (χ4v) is 6.42. The van der Waals surface area contributed by atoms with Gasteiger partial charge in [0.15, 0.2) is 56.4 Å². The van der Waals surface area contributed by atoms with Crippen molar-refractivity contribution in [2.24, 2.45) is 0 Å². The van der Waals surface area contributed by atoms with E-state index in [0.717, 1.165) is 24.3 Å². The lowest BCUT2D eigenvalue weighted by molar-refractivity contribution is 0.377. The highest BCUT2D eigenvalue weighted by molar-refractivity contribution is 7.92. The molecule has 4 aromatic rings. The van der Waals surface area contributed by atoms with E-state index < -0.39 is 89.6 Å². The van der Waals surface area contributed by atoms with Crippen molar-refractivity contribution < 1.29 is 52.3 Å². The van der Waals surface area contributed by atoms with Crippen molar-refractivity contribution in [3.8, 4) is 0 Å². The van der Waals surface area contributed by atoms with Crippen LogP contribution in [0.3, 0.4) is 0 Å². The largest absolute Gasteiger partial charge is 0.227 e. The molecule has 0 saturated carbocycles. The van der Waals surface area contributed by atoms with E-state index in [-0.39, 0.29) is 21.2 Å².